The van der Waals surface area contributed by atoms with Gasteiger partial charge in [0.15, 0.2) is 17.4 Å². The molecule has 0 N–H and O–H groups in total. The second kappa shape index (κ2) is 6.31. The summed E-state index contributed by atoms with van der Waals surface area (Å²) in [7, 11) is 0. The lowest BCUT2D eigenvalue weighted by atomic mass is 9.97. The summed E-state index contributed by atoms with van der Waals surface area (Å²) in [6.45, 7) is 0.211. The second-order valence-corrected chi connectivity index (χ2v) is 7.12. The minimum absolute atomic E-state index is 0.174. The molecule has 3 aromatic rings. The van der Waals surface area contributed by atoms with E-state index in [-0.39, 0.29) is 12.5 Å². The van der Waals surface area contributed by atoms with E-state index in [9.17, 15) is 10.0 Å². The number of rotatable bonds is 3. The molecule has 6 heteroatoms. The molecule has 1 aromatic heterocycles. The van der Waals surface area contributed by atoms with Gasteiger partial charge in [-0.1, -0.05) is 53.5 Å². The van der Waals surface area contributed by atoms with Crippen molar-refractivity contribution in [1.29, 1.82) is 0 Å². The van der Waals surface area contributed by atoms with Crippen molar-refractivity contribution in [2.24, 2.45) is 0 Å². The summed E-state index contributed by atoms with van der Waals surface area (Å²) < 4.78 is 0.710. The summed E-state index contributed by atoms with van der Waals surface area (Å²) in [6.07, 6.45) is 2.84. The molecule has 2 aromatic carbocycles. The van der Waals surface area contributed by atoms with Crippen LogP contribution in [0.1, 0.15) is 27.0 Å². The molecule has 4 rings (SSSR count). The number of hydrogen-bond donors (Lipinski definition) is 0. The Kier molecular flexibility index (Phi) is 4.10. The maximum atomic E-state index is 13.1. The van der Waals surface area contributed by atoms with Crippen LogP contribution in [-0.4, -0.2) is 10.8 Å². The van der Waals surface area contributed by atoms with Gasteiger partial charge in [0.1, 0.15) is 0 Å². The van der Waals surface area contributed by atoms with E-state index in [1.165, 1.54) is 12.4 Å². The van der Waals surface area contributed by atoms with Crippen LogP contribution in [0, 0.1) is 5.21 Å². The topological polar surface area (TPSA) is 47.2 Å². The van der Waals surface area contributed by atoms with E-state index < -0.39 is 5.00 Å². The van der Waals surface area contributed by atoms with E-state index in [0.29, 0.717) is 20.9 Å². The van der Waals surface area contributed by atoms with Gasteiger partial charge in [0, 0.05) is 27.8 Å². The molecule has 2 heterocycles. The molecule has 1 aliphatic rings. The lowest BCUT2D eigenvalue weighted by molar-refractivity contribution is -0.605. The minimum Gasteiger partial charge on any atom is -0.619 e. The van der Waals surface area contributed by atoms with E-state index >= 15 is 0 Å². The van der Waals surface area contributed by atoms with Crippen LogP contribution in [-0.2, 0) is 11.5 Å². The van der Waals surface area contributed by atoms with Crippen LogP contribution in [0.3, 0.4) is 0 Å². The Labute approximate surface area is 160 Å². The number of hydrogen-bond acceptors (Lipinski definition) is 2. The van der Waals surface area contributed by atoms with E-state index in [1.54, 1.807) is 35.2 Å². The normalized spacial score (nSPS) is 18.8. The summed E-state index contributed by atoms with van der Waals surface area (Å²) in [5.41, 5.74) is 2.72. The average Bonchev–Trinajstić information content (AvgIpc) is 2.86. The highest BCUT2D eigenvalue weighted by molar-refractivity contribution is 6.31. The van der Waals surface area contributed by atoms with Gasteiger partial charge < -0.3 is 10.1 Å². The molecule has 0 bridgehead atoms. The molecular formula is C20H14Cl2N2O2. The number of nitrogens with zero attached hydrogens (tertiary/aromatic N) is 2. The molecule has 26 heavy (non-hydrogen) atoms. The first kappa shape index (κ1) is 16.9. The zero-order valence-electron chi connectivity index (χ0n) is 13.6. The summed E-state index contributed by atoms with van der Waals surface area (Å²) >= 11 is 13.1. The molecule has 0 saturated carbocycles. The van der Waals surface area contributed by atoms with Crippen LogP contribution in [0.2, 0.25) is 5.02 Å². The molecule has 1 amide bonds. The Hall–Kier alpha value is -2.56. The molecule has 1 atom stereocenters. The van der Waals surface area contributed by atoms with Gasteiger partial charge >= 0.3 is 0 Å². The van der Waals surface area contributed by atoms with Crippen molar-refractivity contribution >= 4 is 29.1 Å². The van der Waals surface area contributed by atoms with Crippen molar-refractivity contribution < 1.29 is 9.52 Å². The van der Waals surface area contributed by atoms with E-state index in [4.69, 9.17) is 23.2 Å². The maximum Gasteiger partial charge on any atom is 0.256 e. The third-order valence-corrected chi connectivity index (χ3v) is 5.41. The van der Waals surface area contributed by atoms with Gasteiger partial charge in [-0.3, -0.25) is 4.79 Å². The molecule has 1 aliphatic heterocycles. The molecule has 0 radical (unpaired) electrons. The van der Waals surface area contributed by atoms with Crippen LogP contribution >= 0.6 is 23.2 Å². The van der Waals surface area contributed by atoms with Gasteiger partial charge in [-0.05, 0) is 29.8 Å². The molecular weight excluding hydrogens is 371 g/mol. The Morgan fingerprint density at radius 1 is 1.04 bits per heavy atom. The van der Waals surface area contributed by atoms with Crippen LogP contribution in [0.4, 0.5) is 0 Å². The smallest absolute Gasteiger partial charge is 0.256 e. The Bertz CT molecular complexity index is 991. The number of fused-ring (bicyclic) bond motifs is 1. The van der Waals surface area contributed by atoms with Crippen molar-refractivity contribution in [2.45, 2.75) is 11.5 Å². The van der Waals surface area contributed by atoms with Crippen molar-refractivity contribution in [3.05, 3.63) is 106 Å². The molecule has 4 nitrogen and oxygen atoms in total. The second-order valence-electron chi connectivity index (χ2n) is 6.14. The first-order chi connectivity index (χ1) is 12.5. The van der Waals surface area contributed by atoms with Crippen LogP contribution < -0.4 is 4.73 Å². The van der Waals surface area contributed by atoms with Crippen molar-refractivity contribution in [2.75, 3.05) is 0 Å². The highest BCUT2D eigenvalue weighted by atomic mass is 35.5. The molecule has 1 unspecified atom stereocenters. The number of carbonyl (C=O) groups is 1. The predicted molar refractivity (Wildman–Crippen MR) is 99.8 cm³/mol. The zero-order chi connectivity index (χ0) is 18.3. The van der Waals surface area contributed by atoms with Crippen molar-refractivity contribution in [3.63, 3.8) is 0 Å². The van der Waals surface area contributed by atoms with E-state index in [0.717, 1.165) is 11.1 Å². The Morgan fingerprint density at radius 3 is 2.50 bits per heavy atom. The Balaban J connectivity index is 1.86. The standard InChI is InChI=1S/C20H14Cl2N2O2/c21-16-9-7-15(8-10-16)20(22)18-6-2-1-5-17(18)19(25)24(20)13-14-4-3-11-23(26)12-14/h1-12H,13H2. The molecule has 0 aliphatic carbocycles. The summed E-state index contributed by atoms with van der Waals surface area (Å²) in [4.78, 5) is 13.5. The molecule has 130 valence electrons. The third-order valence-electron chi connectivity index (χ3n) is 4.54. The number of pyridine rings is 1. The number of halogens is 2. The van der Waals surface area contributed by atoms with Gasteiger partial charge in [-0.15, -0.1) is 0 Å². The summed E-state index contributed by atoms with van der Waals surface area (Å²) in [5.74, 6) is -0.174. The zero-order valence-corrected chi connectivity index (χ0v) is 15.1. The largest absolute Gasteiger partial charge is 0.619 e. The monoisotopic (exact) mass is 384 g/mol. The lowest BCUT2D eigenvalue weighted by Gasteiger charge is -2.34. The Morgan fingerprint density at radius 2 is 1.77 bits per heavy atom. The van der Waals surface area contributed by atoms with Crippen molar-refractivity contribution in [1.82, 2.24) is 4.90 Å². The van der Waals surface area contributed by atoms with Crippen LogP contribution in [0.5, 0.6) is 0 Å². The van der Waals surface area contributed by atoms with Crippen LogP contribution in [0.15, 0.2) is 73.1 Å². The number of alkyl halides is 1. The van der Waals surface area contributed by atoms with Gasteiger partial charge in [-0.25, -0.2) is 0 Å². The highest BCUT2D eigenvalue weighted by Crippen LogP contribution is 2.48. The van der Waals surface area contributed by atoms with Gasteiger partial charge in [-0.2, -0.15) is 4.73 Å². The first-order valence-electron chi connectivity index (χ1n) is 8.04. The summed E-state index contributed by atoms with van der Waals surface area (Å²) in [6, 6.07) is 17.9. The minimum atomic E-state index is -1.16. The highest BCUT2D eigenvalue weighted by Gasteiger charge is 2.49. The number of carbonyl (C=O) groups excluding carboxylic acids is 1. The quantitative estimate of drug-likeness (QED) is 0.295. The fourth-order valence-electron chi connectivity index (χ4n) is 3.33. The predicted octanol–water partition coefficient (Wildman–Crippen LogP) is 4.07. The number of aromatic nitrogens is 1. The van der Waals surface area contributed by atoms with Gasteiger partial charge in [0.2, 0.25) is 0 Å². The SMILES string of the molecule is O=C1c2ccccc2C(Cl)(c2ccc(Cl)cc2)N1Cc1ccc[n+]([O-])c1. The molecule has 0 spiro atoms. The third kappa shape index (κ3) is 2.62. The number of benzene rings is 2. The van der Waals surface area contributed by atoms with E-state index in [2.05, 4.69) is 0 Å². The number of amides is 1. The first-order valence-corrected chi connectivity index (χ1v) is 8.80. The maximum absolute atomic E-state index is 13.1. The van der Waals surface area contributed by atoms with Crippen LogP contribution in [0.25, 0.3) is 0 Å². The molecule has 0 saturated heterocycles. The van der Waals surface area contributed by atoms with Gasteiger partial charge in [0.25, 0.3) is 5.91 Å². The van der Waals surface area contributed by atoms with Gasteiger partial charge in [0.05, 0.1) is 6.54 Å². The fourth-order valence-corrected chi connectivity index (χ4v) is 3.88. The lowest BCUT2D eigenvalue weighted by Crippen LogP contribution is -2.40. The van der Waals surface area contributed by atoms with E-state index in [1.807, 2.05) is 30.3 Å². The van der Waals surface area contributed by atoms with Crippen molar-refractivity contribution in [3.8, 4) is 0 Å². The fraction of sp³-hybridized carbons (Fsp3) is 0.100. The summed E-state index contributed by atoms with van der Waals surface area (Å²) in [5, 5.41) is 12.2. The molecule has 0 fully saturated rings. The average molecular weight is 385 g/mol.